The first-order valence-corrected chi connectivity index (χ1v) is 16.4. The van der Waals surface area contributed by atoms with Crippen molar-refractivity contribution in [2.75, 3.05) is 6.54 Å². The molecule has 3 amide bonds. The van der Waals surface area contributed by atoms with E-state index in [9.17, 15) is 24.3 Å². The lowest BCUT2D eigenvalue weighted by Crippen LogP contribution is -2.56. The summed E-state index contributed by atoms with van der Waals surface area (Å²) in [5.74, 6) is -2.46. The number of aliphatic carboxylic acids is 1. The number of nitrogens with zero attached hydrogens (tertiary/aromatic N) is 2. The average molecular weight is 643 g/mol. The van der Waals surface area contributed by atoms with Crippen molar-refractivity contribution >= 4 is 29.6 Å². The van der Waals surface area contributed by atoms with E-state index in [1.165, 1.54) is 4.90 Å². The van der Waals surface area contributed by atoms with Gasteiger partial charge in [0.05, 0.1) is 6.54 Å². The Morgan fingerprint density at radius 1 is 1.00 bits per heavy atom. The van der Waals surface area contributed by atoms with Gasteiger partial charge in [-0.2, -0.15) is 0 Å². The normalized spacial score (nSPS) is 27.9. The van der Waals surface area contributed by atoms with Crippen LogP contribution in [-0.4, -0.2) is 75.5 Å². The predicted molar refractivity (Wildman–Crippen MR) is 175 cm³/mol. The van der Waals surface area contributed by atoms with Gasteiger partial charge in [-0.25, -0.2) is 9.59 Å². The van der Waals surface area contributed by atoms with E-state index in [2.05, 4.69) is 15.8 Å². The minimum atomic E-state index is -1.42. The Kier molecular flexibility index (Phi) is 8.82. The SMILES string of the molecule is CC(C)(C)OC(=O)N[C@H]1CCCCC/C=C\C2C[C@@]2(C(=O)O)NC(=O)[C@@H]2C[C@@H](ON=C3c4ccccc4-c4ccccc43)CN2C1=O. The second-order valence-corrected chi connectivity index (χ2v) is 13.8. The molecule has 2 aliphatic carbocycles. The molecule has 1 unspecified atom stereocenters. The Morgan fingerprint density at radius 3 is 2.30 bits per heavy atom. The highest BCUT2D eigenvalue weighted by atomic mass is 16.6. The molecule has 0 bridgehead atoms. The first-order valence-electron chi connectivity index (χ1n) is 16.4. The van der Waals surface area contributed by atoms with Crippen molar-refractivity contribution in [1.29, 1.82) is 0 Å². The quantitative estimate of drug-likeness (QED) is 0.274. The molecular formula is C36H42N4O7. The van der Waals surface area contributed by atoms with Crippen LogP contribution in [-0.2, 0) is 24.0 Å². The molecule has 11 heteroatoms. The van der Waals surface area contributed by atoms with Crippen LogP contribution >= 0.6 is 0 Å². The number of rotatable bonds is 4. The number of hydrogen-bond acceptors (Lipinski definition) is 7. The van der Waals surface area contributed by atoms with E-state index in [0.29, 0.717) is 18.6 Å². The maximum atomic E-state index is 14.2. The summed E-state index contributed by atoms with van der Waals surface area (Å²) in [6.07, 6.45) is 6.28. The van der Waals surface area contributed by atoms with Crippen LogP contribution in [0, 0.1) is 5.92 Å². The third-order valence-electron chi connectivity index (χ3n) is 9.26. The minimum absolute atomic E-state index is 0.0346. The number of carboxylic acid groups (broad SMARTS) is 1. The highest BCUT2D eigenvalue weighted by Crippen LogP contribution is 2.45. The first kappa shape index (κ1) is 32.3. The van der Waals surface area contributed by atoms with Gasteiger partial charge in [0.15, 0.2) is 0 Å². The average Bonchev–Trinajstić information content (AvgIpc) is 3.40. The van der Waals surface area contributed by atoms with Crippen LogP contribution in [0.25, 0.3) is 11.1 Å². The van der Waals surface area contributed by atoms with Gasteiger partial charge in [0.1, 0.15) is 35.0 Å². The summed E-state index contributed by atoms with van der Waals surface area (Å²) in [6, 6.07) is 13.9. The zero-order chi connectivity index (χ0) is 33.3. The minimum Gasteiger partial charge on any atom is -0.479 e. The molecule has 248 valence electrons. The second-order valence-electron chi connectivity index (χ2n) is 13.8. The van der Waals surface area contributed by atoms with Crippen LogP contribution in [0.4, 0.5) is 4.79 Å². The zero-order valence-corrected chi connectivity index (χ0v) is 27.0. The van der Waals surface area contributed by atoms with Crippen LogP contribution in [0.2, 0.25) is 0 Å². The number of nitrogens with one attached hydrogen (secondary N) is 2. The molecule has 0 spiro atoms. The van der Waals surface area contributed by atoms with Gasteiger partial charge in [-0.3, -0.25) is 9.59 Å². The molecule has 4 aliphatic rings. The van der Waals surface area contributed by atoms with Gasteiger partial charge >= 0.3 is 12.1 Å². The van der Waals surface area contributed by atoms with Gasteiger partial charge in [-0.1, -0.05) is 78.7 Å². The zero-order valence-electron chi connectivity index (χ0n) is 27.0. The molecule has 2 heterocycles. The number of oxime groups is 1. The third-order valence-corrected chi connectivity index (χ3v) is 9.26. The summed E-state index contributed by atoms with van der Waals surface area (Å²) in [4.78, 5) is 60.8. The van der Waals surface area contributed by atoms with Crippen LogP contribution < -0.4 is 10.6 Å². The van der Waals surface area contributed by atoms with E-state index in [1.807, 2.05) is 60.7 Å². The Hall–Kier alpha value is -4.67. The second kappa shape index (κ2) is 12.8. The lowest BCUT2D eigenvalue weighted by molar-refractivity contribution is -0.145. The molecule has 2 aromatic rings. The van der Waals surface area contributed by atoms with E-state index in [-0.39, 0.29) is 25.3 Å². The molecule has 47 heavy (non-hydrogen) atoms. The van der Waals surface area contributed by atoms with Crippen LogP contribution in [0.1, 0.15) is 76.8 Å². The number of carboxylic acids is 1. The fourth-order valence-corrected chi connectivity index (χ4v) is 6.81. The van der Waals surface area contributed by atoms with Crippen molar-refractivity contribution in [2.24, 2.45) is 11.1 Å². The van der Waals surface area contributed by atoms with E-state index in [4.69, 9.17) is 9.57 Å². The van der Waals surface area contributed by atoms with E-state index in [1.54, 1.807) is 20.8 Å². The van der Waals surface area contributed by atoms with E-state index >= 15 is 0 Å². The molecule has 1 saturated heterocycles. The van der Waals surface area contributed by atoms with Gasteiger partial charge < -0.3 is 30.2 Å². The first-order chi connectivity index (χ1) is 22.5. The Balaban J connectivity index is 1.29. The van der Waals surface area contributed by atoms with Crippen molar-refractivity contribution in [3.8, 4) is 11.1 Å². The van der Waals surface area contributed by atoms with Gasteiger partial charge in [-0.05, 0) is 57.6 Å². The number of hydrogen-bond donors (Lipinski definition) is 3. The highest BCUT2D eigenvalue weighted by molar-refractivity contribution is 6.24. The largest absolute Gasteiger partial charge is 0.479 e. The maximum Gasteiger partial charge on any atom is 0.408 e. The van der Waals surface area contributed by atoms with Gasteiger partial charge in [0.2, 0.25) is 11.8 Å². The van der Waals surface area contributed by atoms with Crippen LogP contribution in [0.3, 0.4) is 0 Å². The molecule has 2 aliphatic heterocycles. The standard InChI is InChI=1S/C36H42N4O7/c1-35(2,3)46-34(45)37-28-18-8-6-4-5-7-13-22-20-36(22,33(43)44)38-31(41)29-19-23(21-40(29)32(28)42)47-39-30-26-16-11-9-14-24(26)25-15-10-12-17-27(25)30/h7,9-17,22-23,28-29H,4-6,8,18-21H2,1-3H3,(H,37,45)(H,38,41)(H,43,44)/b13-7-/t22?,23-,28+,29+,36-/m1/s1. The Morgan fingerprint density at radius 2 is 1.66 bits per heavy atom. The number of ether oxygens (including phenoxy) is 1. The summed E-state index contributed by atoms with van der Waals surface area (Å²) in [5.41, 5.74) is 2.41. The molecule has 5 atom stereocenters. The van der Waals surface area contributed by atoms with E-state index in [0.717, 1.165) is 41.5 Å². The fraction of sp³-hybridized carbons (Fsp3) is 0.472. The maximum absolute atomic E-state index is 14.2. The van der Waals surface area contributed by atoms with Crippen molar-refractivity contribution in [3.05, 3.63) is 71.8 Å². The molecule has 2 fully saturated rings. The van der Waals surface area contributed by atoms with E-state index < -0.39 is 53.2 Å². The Bertz CT molecular complexity index is 1580. The van der Waals surface area contributed by atoms with Crippen molar-refractivity contribution in [3.63, 3.8) is 0 Å². The summed E-state index contributed by atoms with van der Waals surface area (Å²) < 4.78 is 5.46. The summed E-state index contributed by atoms with van der Waals surface area (Å²) in [5, 5.41) is 20.2. The summed E-state index contributed by atoms with van der Waals surface area (Å²) >= 11 is 0. The lowest BCUT2D eigenvalue weighted by atomic mass is 10.0. The Labute approximate surface area is 274 Å². The number of amides is 3. The summed E-state index contributed by atoms with van der Waals surface area (Å²) in [7, 11) is 0. The smallest absolute Gasteiger partial charge is 0.408 e. The van der Waals surface area contributed by atoms with Crippen LogP contribution in [0.15, 0.2) is 65.8 Å². The monoisotopic (exact) mass is 642 g/mol. The van der Waals surface area contributed by atoms with Crippen molar-refractivity contribution in [2.45, 2.75) is 95.0 Å². The van der Waals surface area contributed by atoms with Crippen molar-refractivity contribution in [1.82, 2.24) is 15.5 Å². The fourth-order valence-electron chi connectivity index (χ4n) is 6.81. The highest BCUT2D eigenvalue weighted by Gasteiger charge is 2.61. The summed E-state index contributed by atoms with van der Waals surface area (Å²) in [6.45, 7) is 5.26. The molecule has 0 aromatic heterocycles. The molecule has 1 saturated carbocycles. The number of benzene rings is 2. The molecule has 6 rings (SSSR count). The molecule has 3 N–H and O–H groups in total. The molecule has 0 radical (unpaired) electrons. The number of allylic oxidation sites excluding steroid dienone is 1. The molecule has 11 nitrogen and oxygen atoms in total. The van der Waals surface area contributed by atoms with Gasteiger partial charge in [0.25, 0.3) is 0 Å². The number of carbonyl (C=O) groups excluding carboxylic acids is 3. The third kappa shape index (κ3) is 6.75. The number of alkyl carbamates (subject to hydrolysis) is 1. The molecular weight excluding hydrogens is 600 g/mol. The predicted octanol–water partition coefficient (Wildman–Crippen LogP) is 4.78. The van der Waals surface area contributed by atoms with Crippen molar-refractivity contribution < 1.29 is 33.9 Å². The topological polar surface area (TPSA) is 147 Å². The molecule has 2 aromatic carbocycles. The lowest BCUT2D eigenvalue weighted by Gasteiger charge is -2.30. The van der Waals surface area contributed by atoms with Gasteiger partial charge in [-0.15, -0.1) is 0 Å². The van der Waals surface area contributed by atoms with Gasteiger partial charge in [0, 0.05) is 23.5 Å². The number of fused-ring (bicyclic) bond motifs is 5. The van der Waals surface area contributed by atoms with Crippen LogP contribution in [0.5, 0.6) is 0 Å². The number of carbonyl (C=O) groups is 4.